The first-order valence-corrected chi connectivity index (χ1v) is 6.94. The van der Waals surface area contributed by atoms with Crippen molar-refractivity contribution < 1.29 is 14.3 Å². The zero-order valence-electron chi connectivity index (χ0n) is 12.0. The highest BCUT2D eigenvalue weighted by Gasteiger charge is 2.26. The van der Waals surface area contributed by atoms with E-state index >= 15 is 0 Å². The largest absolute Gasteiger partial charge is 0.498 e. The van der Waals surface area contributed by atoms with Gasteiger partial charge in [-0.1, -0.05) is 44.2 Å². The number of amides is 1. The Morgan fingerprint density at radius 1 is 1.40 bits per heavy atom. The molecule has 4 heteroatoms. The van der Waals surface area contributed by atoms with Crippen molar-refractivity contribution >= 4 is 6.09 Å². The minimum absolute atomic E-state index is 0.0447. The van der Waals surface area contributed by atoms with Crippen molar-refractivity contribution in [3.8, 4) is 0 Å². The summed E-state index contributed by atoms with van der Waals surface area (Å²) in [5, 5.41) is 0. The summed E-state index contributed by atoms with van der Waals surface area (Å²) in [6, 6.07) is 9.72. The summed E-state index contributed by atoms with van der Waals surface area (Å²) in [5.74, 6) is 0.500. The maximum absolute atomic E-state index is 12.2. The molecule has 0 aromatic heterocycles. The Labute approximate surface area is 120 Å². The third kappa shape index (κ3) is 4.02. The molecule has 2 rings (SSSR count). The average molecular weight is 275 g/mol. The van der Waals surface area contributed by atoms with Crippen LogP contribution in [0.5, 0.6) is 0 Å². The molecule has 0 fully saturated rings. The second kappa shape index (κ2) is 6.98. The lowest BCUT2D eigenvalue weighted by atomic mass is 10.0. The van der Waals surface area contributed by atoms with Gasteiger partial charge in [0.1, 0.15) is 13.2 Å². The second-order valence-electron chi connectivity index (χ2n) is 5.35. The van der Waals surface area contributed by atoms with E-state index in [4.69, 9.17) is 9.47 Å². The predicted molar refractivity (Wildman–Crippen MR) is 76.8 cm³/mol. The smallest absolute Gasteiger partial charge is 0.414 e. The van der Waals surface area contributed by atoms with Crippen molar-refractivity contribution in [1.82, 2.24) is 4.90 Å². The van der Waals surface area contributed by atoms with Crippen LogP contribution in [0.4, 0.5) is 4.79 Å². The van der Waals surface area contributed by atoms with Crippen LogP contribution < -0.4 is 0 Å². The van der Waals surface area contributed by atoms with Crippen LogP contribution in [0.15, 0.2) is 42.8 Å². The van der Waals surface area contributed by atoms with Crippen LogP contribution >= 0.6 is 0 Å². The highest BCUT2D eigenvalue weighted by atomic mass is 16.6. The van der Waals surface area contributed by atoms with Gasteiger partial charge in [-0.05, 0) is 17.9 Å². The molecule has 1 aliphatic rings. The molecule has 0 saturated heterocycles. The molecular weight excluding hydrogens is 254 g/mol. The minimum atomic E-state index is -0.320. The Kier molecular flexibility index (Phi) is 5.04. The summed E-state index contributed by atoms with van der Waals surface area (Å²) in [6.07, 6.45) is 3.77. The van der Waals surface area contributed by atoms with Gasteiger partial charge in [0.2, 0.25) is 0 Å². The zero-order valence-corrected chi connectivity index (χ0v) is 12.0. The van der Waals surface area contributed by atoms with Crippen molar-refractivity contribution in [3.05, 3.63) is 48.4 Å². The number of ether oxygens (including phenoxy) is 2. The molecule has 1 aliphatic heterocycles. The van der Waals surface area contributed by atoms with E-state index < -0.39 is 0 Å². The number of hydrogen-bond acceptors (Lipinski definition) is 3. The number of benzene rings is 1. The van der Waals surface area contributed by atoms with Crippen LogP contribution in [0.25, 0.3) is 0 Å². The third-order valence-electron chi connectivity index (χ3n) is 3.16. The summed E-state index contributed by atoms with van der Waals surface area (Å²) in [6.45, 7) is 5.08. The number of hydrogen-bond donors (Lipinski definition) is 0. The summed E-state index contributed by atoms with van der Waals surface area (Å²) < 4.78 is 10.7. The molecule has 0 N–H and O–H groups in total. The number of nitrogens with zero attached hydrogens (tertiary/aromatic N) is 1. The lowest BCUT2D eigenvalue weighted by molar-refractivity contribution is 0.0613. The van der Waals surface area contributed by atoms with Gasteiger partial charge in [-0.25, -0.2) is 4.79 Å². The van der Waals surface area contributed by atoms with E-state index in [0.29, 0.717) is 19.1 Å². The Morgan fingerprint density at radius 3 is 2.85 bits per heavy atom. The van der Waals surface area contributed by atoms with Gasteiger partial charge < -0.3 is 9.47 Å². The van der Waals surface area contributed by atoms with Crippen molar-refractivity contribution in [2.45, 2.75) is 32.9 Å². The first-order chi connectivity index (χ1) is 9.66. The summed E-state index contributed by atoms with van der Waals surface area (Å²) >= 11 is 0. The molecular formula is C16H21NO3. The van der Waals surface area contributed by atoms with Gasteiger partial charge in [-0.3, -0.25) is 4.90 Å². The van der Waals surface area contributed by atoms with Crippen LogP contribution in [0.1, 0.15) is 25.8 Å². The molecule has 1 heterocycles. The molecule has 1 amide bonds. The van der Waals surface area contributed by atoms with E-state index in [1.54, 1.807) is 17.4 Å². The van der Waals surface area contributed by atoms with Crippen LogP contribution in [0.2, 0.25) is 0 Å². The molecule has 4 nitrogen and oxygen atoms in total. The Hall–Kier alpha value is -1.97. The van der Waals surface area contributed by atoms with Crippen LogP contribution in [-0.4, -0.2) is 23.6 Å². The molecule has 0 aliphatic carbocycles. The molecule has 1 atom stereocenters. The molecule has 0 unspecified atom stereocenters. The second-order valence-corrected chi connectivity index (χ2v) is 5.35. The third-order valence-corrected chi connectivity index (χ3v) is 3.16. The van der Waals surface area contributed by atoms with Gasteiger partial charge in [0, 0.05) is 6.20 Å². The summed E-state index contributed by atoms with van der Waals surface area (Å²) in [7, 11) is 0. The van der Waals surface area contributed by atoms with Crippen molar-refractivity contribution in [2.24, 2.45) is 5.92 Å². The Morgan fingerprint density at radius 2 is 2.15 bits per heavy atom. The minimum Gasteiger partial charge on any atom is -0.498 e. The van der Waals surface area contributed by atoms with E-state index in [1.807, 2.05) is 30.3 Å². The number of carbonyl (C=O) groups excluding carboxylic acids is 1. The first-order valence-electron chi connectivity index (χ1n) is 6.94. The molecule has 0 radical (unpaired) electrons. The van der Waals surface area contributed by atoms with E-state index in [1.165, 1.54) is 0 Å². The molecule has 1 aromatic rings. The number of rotatable bonds is 4. The lowest BCUT2D eigenvalue weighted by Crippen LogP contribution is -2.42. The van der Waals surface area contributed by atoms with Crippen molar-refractivity contribution in [1.29, 1.82) is 0 Å². The van der Waals surface area contributed by atoms with Crippen molar-refractivity contribution in [3.63, 3.8) is 0 Å². The van der Waals surface area contributed by atoms with Gasteiger partial charge in [0.05, 0.1) is 12.3 Å². The number of carbonyl (C=O) groups is 1. The normalized spacial score (nSPS) is 17.9. The van der Waals surface area contributed by atoms with E-state index in [0.717, 1.165) is 12.0 Å². The molecule has 20 heavy (non-hydrogen) atoms. The Bertz CT molecular complexity index is 456. The molecule has 0 spiro atoms. The summed E-state index contributed by atoms with van der Waals surface area (Å²) in [4.78, 5) is 13.8. The predicted octanol–water partition coefficient (Wildman–Crippen LogP) is 3.54. The summed E-state index contributed by atoms with van der Waals surface area (Å²) in [5.41, 5.74) is 0.985. The first kappa shape index (κ1) is 14.4. The standard InChI is InChI=1S/C16H21NO3/c1-13(2)10-15-12-19-9-8-17(15)16(18)20-11-14-6-4-3-5-7-14/h3-9,13,15H,10-12H2,1-2H3/t15-/m0/s1. The highest BCUT2D eigenvalue weighted by Crippen LogP contribution is 2.18. The highest BCUT2D eigenvalue weighted by molar-refractivity contribution is 5.69. The van der Waals surface area contributed by atoms with Gasteiger partial charge in [0.15, 0.2) is 0 Å². The molecule has 0 bridgehead atoms. The van der Waals surface area contributed by atoms with E-state index in [-0.39, 0.29) is 12.1 Å². The van der Waals surface area contributed by atoms with Gasteiger partial charge >= 0.3 is 6.09 Å². The van der Waals surface area contributed by atoms with E-state index in [2.05, 4.69) is 13.8 Å². The lowest BCUT2D eigenvalue weighted by Gasteiger charge is -2.31. The molecule has 108 valence electrons. The van der Waals surface area contributed by atoms with Crippen LogP contribution in [0, 0.1) is 5.92 Å². The van der Waals surface area contributed by atoms with Crippen LogP contribution in [0.3, 0.4) is 0 Å². The zero-order chi connectivity index (χ0) is 14.4. The fourth-order valence-corrected chi connectivity index (χ4v) is 2.21. The average Bonchev–Trinajstić information content (AvgIpc) is 2.46. The van der Waals surface area contributed by atoms with Crippen molar-refractivity contribution in [2.75, 3.05) is 6.61 Å². The maximum atomic E-state index is 12.2. The topological polar surface area (TPSA) is 38.8 Å². The fourth-order valence-electron chi connectivity index (χ4n) is 2.21. The SMILES string of the molecule is CC(C)C[C@H]1COC=CN1C(=O)OCc1ccccc1. The maximum Gasteiger partial charge on any atom is 0.414 e. The fraction of sp³-hybridized carbons (Fsp3) is 0.438. The monoisotopic (exact) mass is 275 g/mol. The van der Waals surface area contributed by atoms with Gasteiger partial charge in [-0.2, -0.15) is 0 Å². The van der Waals surface area contributed by atoms with E-state index in [9.17, 15) is 4.79 Å². The van der Waals surface area contributed by atoms with Gasteiger partial charge in [0.25, 0.3) is 0 Å². The quantitative estimate of drug-likeness (QED) is 0.843. The molecule has 0 saturated carbocycles. The Balaban J connectivity index is 1.92. The van der Waals surface area contributed by atoms with Gasteiger partial charge in [-0.15, -0.1) is 0 Å². The molecule has 1 aromatic carbocycles. The van der Waals surface area contributed by atoms with Crippen LogP contribution in [-0.2, 0) is 16.1 Å².